The van der Waals surface area contributed by atoms with Gasteiger partial charge in [-0.15, -0.1) is 0 Å². The average molecular weight is 484 g/mol. The third-order valence-electron chi connectivity index (χ3n) is 6.01. The van der Waals surface area contributed by atoms with Gasteiger partial charge in [0.15, 0.2) is 0 Å². The van der Waals surface area contributed by atoms with Crippen molar-refractivity contribution in [3.63, 3.8) is 0 Å². The van der Waals surface area contributed by atoms with Crippen molar-refractivity contribution in [2.45, 2.75) is 50.3 Å². The molecule has 0 aliphatic carbocycles. The van der Waals surface area contributed by atoms with Gasteiger partial charge in [0.25, 0.3) is 0 Å². The van der Waals surface area contributed by atoms with Crippen molar-refractivity contribution in [3.05, 3.63) is 65.9 Å². The first-order chi connectivity index (χ1) is 16.1. The standard InChI is InChI=1S/C25H29N3O5S/c1-17-15-27(16-18(2)33-17)34(31,32)22-10-8-21(9-11-22)26-25(30)14-24-23-7-5-4-6-20(23)12-13-28(24)19(3)29/h4-13,17-18,24H,14-16H2,1-3H3,(H,26,30)/t17-,18+,24-/m1/s1. The number of carbonyl (C=O) groups is 2. The highest BCUT2D eigenvalue weighted by molar-refractivity contribution is 7.89. The highest BCUT2D eigenvalue weighted by Gasteiger charge is 2.32. The van der Waals surface area contributed by atoms with Gasteiger partial charge < -0.3 is 15.0 Å². The van der Waals surface area contributed by atoms with Gasteiger partial charge in [-0.25, -0.2) is 8.42 Å². The summed E-state index contributed by atoms with van der Waals surface area (Å²) >= 11 is 0. The van der Waals surface area contributed by atoms with Gasteiger partial charge in [0.05, 0.1) is 29.6 Å². The summed E-state index contributed by atoms with van der Waals surface area (Å²) in [7, 11) is -3.66. The summed E-state index contributed by atoms with van der Waals surface area (Å²) in [6.07, 6.45) is 3.29. The Balaban J connectivity index is 1.46. The summed E-state index contributed by atoms with van der Waals surface area (Å²) < 4.78 is 33.1. The van der Waals surface area contributed by atoms with E-state index in [0.717, 1.165) is 11.1 Å². The predicted molar refractivity (Wildman–Crippen MR) is 129 cm³/mol. The molecule has 180 valence electrons. The molecule has 1 N–H and O–H groups in total. The number of benzene rings is 2. The minimum Gasteiger partial charge on any atom is -0.373 e. The van der Waals surface area contributed by atoms with E-state index >= 15 is 0 Å². The predicted octanol–water partition coefficient (Wildman–Crippen LogP) is 3.39. The molecule has 2 heterocycles. The van der Waals surface area contributed by atoms with Crippen LogP contribution in [0, 0.1) is 0 Å². The molecule has 0 bridgehead atoms. The van der Waals surface area contributed by atoms with Crippen molar-refractivity contribution in [1.29, 1.82) is 0 Å². The molecule has 0 radical (unpaired) electrons. The van der Waals surface area contributed by atoms with Gasteiger partial charge in [0.2, 0.25) is 21.8 Å². The maximum Gasteiger partial charge on any atom is 0.243 e. The van der Waals surface area contributed by atoms with Crippen LogP contribution in [0.5, 0.6) is 0 Å². The van der Waals surface area contributed by atoms with Crippen molar-refractivity contribution < 1.29 is 22.7 Å². The molecule has 4 rings (SSSR count). The molecule has 0 aromatic heterocycles. The molecule has 2 aliphatic heterocycles. The zero-order valence-electron chi connectivity index (χ0n) is 19.5. The fourth-order valence-corrected chi connectivity index (χ4v) is 6.08. The van der Waals surface area contributed by atoms with Crippen LogP contribution in [0.3, 0.4) is 0 Å². The molecule has 1 fully saturated rings. The molecule has 1 saturated heterocycles. The maximum absolute atomic E-state index is 13.0. The number of nitrogens with zero attached hydrogens (tertiary/aromatic N) is 2. The van der Waals surface area contributed by atoms with E-state index in [1.165, 1.54) is 23.4 Å². The van der Waals surface area contributed by atoms with Crippen LogP contribution in [0.2, 0.25) is 0 Å². The highest BCUT2D eigenvalue weighted by Crippen LogP contribution is 2.33. The zero-order chi connectivity index (χ0) is 24.5. The van der Waals surface area contributed by atoms with Crippen LogP contribution >= 0.6 is 0 Å². The Morgan fingerprint density at radius 2 is 1.68 bits per heavy atom. The van der Waals surface area contributed by atoms with Gasteiger partial charge in [-0.05, 0) is 55.3 Å². The zero-order valence-corrected chi connectivity index (χ0v) is 20.3. The number of fused-ring (bicyclic) bond motifs is 1. The van der Waals surface area contributed by atoms with Crippen LogP contribution in [0.4, 0.5) is 5.69 Å². The molecule has 2 amide bonds. The van der Waals surface area contributed by atoms with Crippen LogP contribution in [0.25, 0.3) is 6.08 Å². The number of nitrogens with one attached hydrogen (secondary N) is 1. The second-order valence-electron chi connectivity index (χ2n) is 8.74. The normalized spacial score (nSPS) is 22.8. The Hall–Kier alpha value is -3.01. The lowest BCUT2D eigenvalue weighted by atomic mass is 9.93. The summed E-state index contributed by atoms with van der Waals surface area (Å²) in [6.45, 7) is 5.78. The second-order valence-corrected chi connectivity index (χ2v) is 10.7. The SMILES string of the molecule is CC(=O)N1C=Cc2ccccc2[C@H]1CC(=O)Nc1ccc(S(=O)(=O)N2C[C@@H](C)O[C@@H](C)C2)cc1. The fourth-order valence-electron chi connectivity index (χ4n) is 4.49. The minimum absolute atomic E-state index is 0.0739. The Morgan fingerprint density at radius 1 is 1.03 bits per heavy atom. The van der Waals surface area contributed by atoms with Gasteiger partial charge in [-0.2, -0.15) is 4.31 Å². The highest BCUT2D eigenvalue weighted by atomic mass is 32.2. The van der Waals surface area contributed by atoms with Crippen molar-refractivity contribution in [2.75, 3.05) is 18.4 Å². The summed E-state index contributed by atoms with van der Waals surface area (Å²) in [5.41, 5.74) is 2.37. The van der Waals surface area contributed by atoms with E-state index in [1.807, 2.05) is 44.2 Å². The van der Waals surface area contributed by atoms with E-state index in [1.54, 1.807) is 23.2 Å². The maximum atomic E-state index is 13.0. The van der Waals surface area contributed by atoms with E-state index < -0.39 is 16.1 Å². The van der Waals surface area contributed by atoms with Crippen molar-refractivity contribution in [2.24, 2.45) is 0 Å². The molecule has 2 aromatic rings. The third-order valence-corrected chi connectivity index (χ3v) is 7.86. The molecule has 0 spiro atoms. The largest absolute Gasteiger partial charge is 0.373 e. The number of morpholine rings is 1. The Morgan fingerprint density at radius 3 is 2.32 bits per heavy atom. The molecule has 0 unspecified atom stereocenters. The van der Waals surface area contributed by atoms with Gasteiger partial charge in [-0.3, -0.25) is 9.59 Å². The lowest BCUT2D eigenvalue weighted by molar-refractivity contribution is -0.129. The molecular weight excluding hydrogens is 454 g/mol. The lowest BCUT2D eigenvalue weighted by Crippen LogP contribution is -2.48. The van der Waals surface area contributed by atoms with E-state index in [0.29, 0.717) is 18.8 Å². The third kappa shape index (κ3) is 5.06. The van der Waals surface area contributed by atoms with Gasteiger partial charge in [-0.1, -0.05) is 24.3 Å². The lowest BCUT2D eigenvalue weighted by Gasteiger charge is -2.34. The van der Waals surface area contributed by atoms with Crippen molar-refractivity contribution in [1.82, 2.24) is 9.21 Å². The summed E-state index contributed by atoms with van der Waals surface area (Å²) in [6, 6.07) is 13.4. The minimum atomic E-state index is -3.66. The smallest absolute Gasteiger partial charge is 0.243 e. The van der Waals surface area contributed by atoms with Gasteiger partial charge >= 0.3 is 0 Å². The van der Waals surface area contributed by atoms with Crippen LogP contribution in [0.15, 0.2) is 59.6 Å². The van der Waals surface area contributed by atoms with Crippen LogP contribution in [-0.2, 0) is 24.3 Å². The quantitative estimate of drug-likeness (QED) is 0.703. The molecule has 34 heavy (non-hydrogen) atoms. The summed E-state index contributed by atoms with van der Waals surface area (Å²) in [4.78, 5) is 26.7. The number of amides is 2. The topological polar surface area (TPSA) is 96.0 Å². The van der Waals surface area contributed by atoms with Gasteiger partial charge in [0.1, 0.15) is 0 Å². The molecule has 2 aromatic carbocycles. The monoisotopic (exact) mass is 483 g/mol. The molecule has 9 heteroatoms. The second kappa shape index (κ2) is 9.69. The Bertz CT molecular complexity index is 1200. The number of ether oxygens (including phenoxy) is 1. The van der Waals surface area contributed by atoms with Crippen molar-refractivity contribution in [3.8, 4) is 0 Å². The number of hydrogen-bond acceptors (Lipinski definition) is 5. The van der Waals surface area contributed by atoms with E-state index in [9.17, 15) is 18.0 Å². The van der Waals surface area contributed by atoms with E-state index in [-0.39, 0.29) is 35.3 Å². The molecule has 3 atom stereocenters. The first-order valence-corrected chi connectivity index (χ1v) is 12.7. The summed E-state index contributed by atoms with van der Waals surface area (Å²) in [5, 5.41) is 2.82. The molecule has 8 nitrogen and oxygen atoms in total. The number of hydrogen-bond donors (Lipinski definition) is 1. The molecule has 0 saturated carbocycles. The first kappa shape index (κ1) is 24.1. The van der Waals surface area contributed by atoms with Gasteiger partial charge in [0, 0.05) is 31.9 Å². The van der Waals surface area contributed by atoms with E-state index in [2.05, 4.69) is 5.32 Å². The average Bonchev–Trinajstić information content (AvgIpc) is 2.79. The Labute approximate surface area is 200 Å². The number of carbonyl (C=O) groups excluding carboxylic acids is 2. The van der Waals surface area contributed by atoms with Crippen LogP contribution in [-0.4, -0.2) is 54.7 Å². The summed E-state index contributed by atoms with van der Waals surface area (Å²) in [5.74, 6) is -0.419. The first-order valence-electron chi connectivity index (χ1n) is 11.3. The van der Waals surface area contributed by atoms with Crippen molar-refractivity contribution >= 4 is 33.6 Å². The van der Waals surface area contributed by atoms with Crippen LogP contribution in [0.1, 0.15) is 44.4 Å². The molecule has 2 aliphatic rings. The number of anilines is 1. The fraction of sp³-hybridized carbons (Fsp3) is 0.360. The molecular formula is C25H29N3O5S. The Kier molecular flexibility index (Phi) is 6.88. The van der Waals surface area contributed by atoms with E-state index in [4.69, 9.17) is 4.74 Å². The number of rotatable bonds is 5. The number of sulfonamides is 1. The van der Waals surface area contributed by atoms with Crippen LogP contribution < -0.4 is 5.32 Å².